The molecule has 0 atom stereocenters. The van der Waals surface area contributed by atoms with E-state index < -0.39 is 11.5 Å². The molecule has 0 N–H and O–H groups in total. The first kappa shape index (κ1) is 16.1. The molecule has 1 aliphatic heterocycles. The van der Waals surface area contributed by atoms with Gasteiger partial charge < -0.3 is 14.6 Å². The van der Waals surface area contributed by atoms with Crippen LogP contribution in [0.2, 0.25) is 0 Å². The second kappa shape index (κ2) is 5.57. The molecule has 1 aliphatic rings. The lowest BCUT2D eigenvalue weighted by Gasteiger charge is -2.30. The summed E-state index contributed by atoms with van der Waals surface area (Å²) in [4.78, 5) is 33.4. The van der Waals surface area contributed by atoms with Crippen LogP contribution in [0.3, 0.4) is 0 Å². The Morgan fingerprint density at radius 3 is 3.04 bits per heavy atom. The molecule has 4 heterocycles. The van der Waals surface area contributed by atoms with Crippen LogP contribution < -0.4 is 10.7 Å². The van der Waals surface area contributed by atoms with Crippen LogP contribution in [-0.2, 0) is 29.0 Å². The van der Waals surface area contributed by atoms with Crippen molar-refractivity contribution in [3.05, 3.63) is 32.8 Å². The molecule has 0 radical (unpaired) electrons. The summed E-state index contributed by atoms with van der Waals surface area (Å²) in [6.45, 7) is 4.55. The fraction of sp³-hybridized carbons (Fsp3) is 0.438. The molecule has 0 aliphatic carbocycles. The maximum atomic E-state index is 12.3. The maximum absolute atomic E-state index is 12.3. The molecule has 25 heavy (non-hydrogen) atoms. The number of ether oxygens (including phenoxy) is 1. The first-order valence-electron chi connectivity index (χ1n) is 7.87. The van der Waals surface area contributed by atoms with Gasteiger partial charge >= 0.3 is 0 Å². The minimum atomic E-state index is -1.23. The molecule has 4 rings (SSSR count). The number of fused-ring (bicyclic) bond motifs is 5. The number of aromatic nitrogens is 4. The van der Waals surface area contributed by atoms with Gasteiger partial charge in [0.1, 0.15) is 16.9 Å². The van der Waals surface area contributed by atoms with E-state index in [-0.39, 0.29) is 24.1 Å². The van der Waals surface area contributed by atoms with E-state index in [9.17, 15) is 14.7 Å². The molecule has 0 bridgehead atoms. The number of carboxylic acid groups (broad SMARTS) is 1. The first-order valence-corrected chi connectivity index (χ1v) is 8.68. The molecule has 0 saturated carbocycles. The molecule has 3 aromatic heterocycles. The number of carboxylic acids is 1. The van der Waals surface area contributed by atoms with Crippen LogP contribution >= 0.6 is 11.3 Å². The van der Waals surface area contributed by atoms with Crippen LogP contribution in [0.25, 0.3) is 15.9 Å². The van der Waals surface area contributed by atoms with Crippen molar-refractivity contribution in [2.45, 2.75) is 45.3 Å². The summed E-state index contributed by atoms with van der Waals surface area (Å²) in [5, 5.41) is 15.7. The van der Waals surface area contributed by atoms with Crippen molar-refractivity contribution in [3.63, 3.8) is 0 Å². The van der Waals surface area contributed by atoms with E-state index in [1.54, 1.807) is 0 Å². The van der Waals surface area contributed by atoms with E-state index in [0.717, 1.165) is 20.7 Å². The van der Waals surface area contributed by atoms with E-state index >= 15 is 0 Å². The van der Waals surface area contributed by atoms with Crippen LogP contribution in [0.1, 0.15) is 36.4 Å². The van der Waals surface area contributed by atoms with Gasteiger partial charge in [-0.25, -0.2) is 9.50 Å². The summed E-state index contributed by atoms with van der Waals surface area (Å²) < 4.78 is 7.30. The van der Waals surface area contributed by atoms with Crippen LogP contribution in [0.15, 0.2) is 11.1 Å². The Balaban J connectivity index is 1.92. The molecule has 0 amide bonds. The van der Waals surface area contributed by atoms with Crippen molar-refractivity contribution in [1.29, 1.82) is 0 Å². The molecule has 0 saturated heterocycles. The van der Waals surface area contributed by atoms with Crippen LogP contribution in [0.5, 0.6) is 0 Å². The van der Waals surface area contributed by atoms with E-state index in [0.29, 0.717) is 18.7 Å². The minimum absolute atomic E-state index is 0.0161. The van der Waals surface area contributed by atoms with Crippen LogP contribution in [-0.4, -0.2) is 31.2 Å². The normalized spacial score (nSPS) is 16.2. The SMILES string of the molecule is CC1(C)Cc2c(sc3ncn4nc(CCC(=O)[O-])c(=O)nc4c23)CO1. The first-order chi connectivity index (χ1) is 11.8. The van der Waals surface area contributed by atoms with Gasteiger partial charge in [-0.05, 0) is 25.8 Å². The molecule has 8 nitrogen and oxygen atoms in total. The summed E-state index contributed by atoms with van der Waals surface area (Å²) in [7, 11) is 0. The Morgan fingerprint density at radius 2 is 2.28 bits per heavy atom. The zero-order chi connectivity index (χ0) is 17.8. The topological polar surface area (TPSA) is 110 Å². The third-order valence-electron chi connectivity index (χ3n) is 4.24. The quantitative estimate of drug-likeness (QED) is 0.658. The number of carbonyl (C=O) groups is 1. The van der Waals surface area contributed by atoms with Gasteiger partial charge in [-0.3, -0.25) is 4.79 Å². The fourth-order valence-corrected chi connectivity index (χ4v) is 4.09. The monoisotopic (exact) mass is 359 g/mol. The number of aryl methyl sites for hydroxylation is 1. The Labute approximate surface area is 146 Å². The second-order valence-electron chi connectivity index (χ2n) is 6.66. The van der Waals surface area contributed by atoms with Gasteiger partial charge in [-0.2, -0.15) is 10.1 Å². The lowest BCUT2D eigenvalue weighted by molar-refractivity contribution is -0.305. The second-order valence-corrected chi connectivity index (χ2v) is 7.74. The molecule has 0 fully saturated rings. The highest BCUT2D eigenvalue weighted by Gasteiger charge is 2.30. The van der Waals surface area contributed by atoms with Crippen molar-refractivity contribution in [2.75, 3.05) is 0 Å². The molecule has 9 heteroatoms. The van der Waals surface area contributed by atoms with E-state index in [1.807, 2.05) is 13.8 Å². The van der Waals surface area contributed by atoms with Gasteiger partial charge in [0.05, 0.1) is 17.6 Å². The van der Waals surface area contributed by atoms with Gasteiger partial charge in [-0.1, -0.05) is 0 Å². The fourth-order valence-electron chi connectivity index (χ4n) is 3.03. The van der Waals surface area contributed by atoms with Crippen LogP contribution in [0, 0.1) is 0 Å². The molecule has 0 aromatic carbocycles. The minimum Gasteiger partial charge on any atom is -0.550 e. The third kappa shape index (κ3) is 2.79. The Bertz CT molecular complexity index is 1070. The number of hydrogen-bond acceptors (Lipinski definition) is 8. The smallest absolute Gasteiger partial charge is 0.295 e. The highest BCUT2D eigenvalue weighted by Crippen LogP contribution is 2.39. The van der Waals surface area contributed by atoms with Gasteiger partial charge in [0, 0.05) is 23.7 Å². The number of carbonyl (C=O) groups excluding carboxylic acids is 1. The summed E-state index contributed by atoms with van der Waals surface area (Å²) in [6.07, 6.45) is 1.91. The van der Waals surface area contributed by atoms with Crippen molar-refractivity contribution >= 4 is 33.2 Å². The zero-order valence-corrected chi connectivity index (χ0v) is 14.6. The van der Waals surface area contributed by atoms with Gasteiger partial charge in [0.2, 0.25) is 0 Å². The van der Waals surface area contributed by atoms with E-state index in [2.05, 4.69) is 15.1 Å². The number of nitrogens with zero attached hydrogens (tertiary/aromatic N) is 4. The number of rotatable bonds is 3. The van der Waals surface area contributed by atoms with Crippen LogP contribution in [0.4, 0.5) is 0 Å². The Hall–Kier alpha value is -2.39. The van der Waals surface area contributed by atoms with E-state index in [1.165, 1.54) is 22.2 Å². The summed E-state index contributed by atoms with van der Waals surface area (Å²) in [5.41, 5.74) is 0.826. The van der Waals surface area contributed by atoms with Crippen molar-refractivity contribution < 1.29 is 14.6 Å². The average Bonchev–Trinajstić information content (AvgIpc) is 2.89. The van der Waals surface area contributed by atoms with Gasteiger partial charge in [0.25, 0.3) is 5.56 Å². The largest absolute Gasteiger partial charge is 0.550 e. The molecular formula is C16H15N4O4S-. The molecule has 0 spiro atoms. The molecular weight excluding hydrogens is 344 g/mol. The number of hydrogen-bond donors (Lipinski definition) is 0. The standard InChI is InChI=1S/C16H16N4O4S/c1-16(2)5-8-10(6-24-16)25-15-12(8)13-18-14(23)9(3-4-11(21)22)19-20(13)7-17-15/h7H,3-6H2,1-2H3,(H,21,22)/p-1. The highest BCUT2D eigenvalue weighted by atomic mass is 32.1. The predicted molar refractivity (Wildman–Crippen MR) is 88.3 cm³/mol. The number of aliphatic carboxylic acids is 1. The lowest BCUT2D eigenvalue weighted by Crippen LogP contribution is -2.31. The van der Waals surface area contributed by atoms with Gasteiger partial charge in [0.15, 0.2) is 5.65 Å². The molecule has 130 valence electrons. The van der Waals surface area contributed by atoms with Crippen molar-refractivity contribution in [2.24, 2.45) is 0 Å². The van der Waals surface area contributed by atoms with Gasteiger partial charge in [-0.15, -0.1) is 11.3 Å². The maximum Gasteiger partial charge on any atom is 0.295 e. The highest BCUT2D eigenvalue weighted by molar-refractivity contribution is 7.19. The average molecular weight is 359 g/mol. The summed E-state index contributed by atoms with van der Waals surface area (Å²) >= 11 is 1.53. The zero-order valence-electron chi connectivity index (χ0n) is 13.7. The predicted octanol–water partition coefficient (Wildman–Crippen LogP) is 0.233. The molecule has 0 unspecified atom stereocenters. The Kier molecular flexibility index (Phi) is 3.58. The van der Waals surface area contributed by atoms with Crippen molar-refractivity contribution in [3.8, 4) is 0 Å². The summed E-state index contributed by atoms with van der Waals surface area (Å²) in [5.74, 6) is -1.23. The number of thiophene rings is 1. The Morgan fingerprint density at radius 1 is 1.48 bits per heavy atom. The summed E-state index contributed by atoms with van der Waals surface area (Å²) in [6, 6.07) is 0. The lowest BCUT2D eigenvalue weighted by atomic mass is 9.94. The third-order valence-corrected chi connectivity index (χ3v) is 5.36. The van der Waals surface area contributed by atoms with Crippen molar-refractivity contribution in [1.82, 2.24) is 19.6 Å². The van der Waals surface area contributed by atoms with E-state index in [4.69, 9.17) is 4.74 Å². The molecule has 3 aromatic rings.